The first-order chi connectivity index (χ1) is 12.5. The van der Waals surface area contributed by atoms with Crippen LogP contribution in [0, 0.1) is 36.0 Å². The Morgan fingerprint density at radius 1 is 1.11 bits per heavy atom. The number of rotatable bonds is 3. The van der Waals surface area contributed by atoms with Gasteiger partial charge < -0.3 is 24.8 Å². The molecule has 5 nitrogen and oxygen atoms in total. The van der Waals surface area contributed by atoms with Crippen molar-refractivity contribution in [2.24, 2.45) is 0 Å². The van der Waals surface area contributed by atoms with Gasteiger partial charge in [0.1, 0.15) is 23.7 Å². The summed E-state index contributed by atoms with van der Waals surface area (Å²) in [5.74, 6) is 11.4. The maximum absolute atomic E-state index is 9.40. The number of benzene rings is 1. The molecule has 4 atom stereocenters. The molecule has 2 unspecified atom stereocenters. The molecule has 3 N–H and O–H groups in total. The van der Waals surface area contributed by atoms with Crippen molar-refractivity contribution >= 4 is 11.8 Å². The zero-order valence-electron chi connectivity index (χ0n) is 15.6. The van der Waals surface area contributed by atoms with Crippen molar-refractivity contribution in [2.45, 2.75) is 55.2 Å². The number of terminal acetylenes is 1. The Hall–Kier alpha value is -1.95. The fraction of sp³-hybridized carbons (Fsp3) is 0.429. The van der Waals surface area contributed by atoms with E-state index in [2.05, 4.69) is 29.6 Å². The first-order valence-corrected chi connectivity index (χ1v) is 9.09. The normalized spacial score (nSPS) is 26.5. The van der Waals surface area contributed by atoms with Crippen molar-refractivity contribution in [1.29, 1.82) is 0 Å². The van der Waals surface area contributed by atoms with Gasteiger partial charge in [-0.15, -0.1) is 6.42 Å². The van der Waals surface area contributed by atoms with Crippen LogP contribution in [0.2, 0.25) is 0 Å². The van der Waals surface area contributed by atoms with Gasteiger partial charge in [0.25, 0.3) is 0 Å². The van der Waals surface area contributed by atoms with Crippen LogP contribution in [-0.2, 0) is 14.2 Å². The Bertz CT molecular complexity index is 748. The fourth-order valence-corrected chi connectivity index (χ4v) is 3.77. The molecule has 3 rings (SSSR count). The van der Waals surface area contributed by atoms with Gasteiger partial charge in [-0.05, 0) is 56.6 Å². The minimum absolute atomic E-state index is 0. The zero-order valence-corrected chi connectivity index (χ0v) is 16.4. The summed E-state index contributed by atoms with van der Waals surface area (Å²) in [7, 11) is 0. The average molecular weight is 388 g/mol. The first-order valence-electron chi connectivity index (χ1n) is 8.21. The number of thioether (sulfide) groups is 1. The number of hydrogen-bond donors (Lipinski definition) is 1. The number of aliphatic hydroxyl groups is 1. The Kier molecular flexibility index (Phi) is 9.43. The van der Waals surface area contributed by atoms with Crippen molar-refractivity contribution in [3.8, 4) is 36.0 Å². The van der Waals surface area contributed by atoms with Gasteiger partial charge in [-0.2, -0.15) is 0 Å². The second-order valence-electron chi connectivity index (χ2n) is 5.99. The van der Waals surface area contributed by atoms with Gasteiger partial charge in [0, 0.05) is 4.90 Å². The molecule has 2 aliphatic heterocycles. The van der Waals surface area contributed by atoms with Gasteiger partial charge in [0.2, 0.25) is 0 Å². The SMILES string of the molecule is C#CC#CC#CC.CC1(C)OC2C(O1)[C@@H](CO)O[C@@H]2Sc1ccccc1.O. The highest BCUT2D eigenvalue weighted by molar-refractivity contribution is 7.99. The molecule has 2 aliphatic rings. The van der Waals surface area contributed by atoms with E-state index < -0.39 is 5.79 Å². The van der Waals surface area contributed by atoms with Crippen LogP contribution in [0.1, 0.15) is 20.8 Å². The van der Waals surface area contributed by atoms with Gasteiger partial charge in [-0.3, -0.25) is 0 Å². The summed E-state index contributed by atoms with van der Waals surface area (Å²) in [6.45, 7) is 5.45. The molecule has 2 heterocycles. The molecule has 144 valence electrons. The van der Waals surface area contributed by atoms with Crippen LogP contribution in [0.5, 0.6) is 0 Å². The van der Waals surface area contributed by atoms with Gasteiger partial charge >= 0.3 is 0 Å². The highest BCUT2D eigenvalue weighted by atomic mass is 32.2. The highest BCUT2D eigenvalue weighted by Gasteiger charge is 2.55. The van der Waals surface area contributed by atoms with E-state index in [0.29, 0.717) is 0 Å². The molecule has 0 aromatic heterocycles. The van der Waals surface area contributed by atoms with Crippen LogP contribution in [0.25, 0.3) is 0 Å². The summed E-state index contributed by atoms with van der Waals surface area (Å²) in [4.78, 5) is 1.12. The average Bonchev–Trinajstić information content (AvgIpc) is 3.10. The molecule has 0 spiro atoms. The van der Waals surface area contributed by atoms with E-state index in [-0.39, 0.29) is 35.8 Å². The Morgan fingerprint density at radius 3 is 2.37 bits per heavy atom. The summed E-state index contributed by atoms with van der Waals surface area (Å²) < 4.78 is 17.6. The van der Waals surface area contributed by atoms with Crippen molar-refractivity contribution in [3.63, 3.8) is 0 Å². The number of aliphatic hydroxyl groups excluding tert-OH is 1. The third kappa shape index (κ3) is 6.61. The summed E-state index contributed by atoms with van der Waals surface area (Å²) in [5, 5.41) is 9.40. The fourth-order valence-electron chi connectivity index (χ4n) is 2.65. The van der Waals surface area contributed by atoms with E-state index in [1.807, 2.05) is 44.2 Å². The second-order valence-corrected chi connectivity index (χ2v) is 7.16. The Balaban J connectivity index is 0.000000395. The largest absolute Gasteiger partial charge is 0.412 e. The summed E-state index contributed by atoms with van der Waals surface area (Å²) in [5.41, 5.74) is -0.147. The lowest BCUT2D eigenvalue weighted by Gasteiger charge is -2.23. The Labute approximate surface area is 165 Å². The van der Waals surface area contributed by atoms with Crippen molar-refractivity contribution in [3.05, 3.63) is 30.3 Å². The molecule has 0 radical (unpaired) electrons. The first kappa shape index (κ1) is 23.1. The van der Waals surface area contributed by atoms with E-state index in [0.717, 1.165) is 4.90 Å². The number of ether oxygens (including phenoxy) is 3. The van der Waals surface area contributed by atoms with Crippen LogP contribution < -0.4 is 0 Å². The lowest BCUT2D eigenvalue weighted by atomic mass is 10.2. The molecule has 27 heavy (non-hydrogen) atoms. The van der Waals surface area contributed by atoms with Crippen LogP contribution in [-0.4, -0.2) is 46.7 Å². The Morgan fingerprint density at radius 2 is 1.78 bits per heavy atom. The van der Waals surface area contributed by atoms with Gasteiger partial charge in [-0.25, -0.2) is 0 Å². The second kappa shape index (κ2) is 11.0. The molecular weight excluding hydrogens is 364 g/mol. The monoisotopic (exact) mass is 388 g/mol. The van der Waals surface area contributed by atoms with Crippen LogP contribution in [0.4, 0.5) is 0 Å². The molecule has 6 heteroatoms. The zero-order chi connectivity index (χ0) is 19.0. The molecule has 1 aromatic rings. The van der Waals surface area contributed by atoms with Crippen LogP contribution in [0.3, 0.4) is 0 Å². The van der Waals surface area contributed by atoms with Gasteiger partial charge in [-0.1, -0.05) is 35.9 Å². The predicted molar refractivity (Wildman–Crippen MR) is 106 cm³/mol. The minimum atomic E-state index is -0.609. The lowest BCUT2D eigenvalue weighted by molar-refractivity contribution is -0.181. The predicted octanol–water partition coefficient (Wildman–Crippen LogP) is 1.84. The maximum Gasteiger partial charge on any atom is 0.164 e. The van der Waals surface area contributed by atoms with E-state index in [4.69, 9.17) is 20.6 Å². The minimum Gasteiger partial charge on any atom is -0.412 e. The molecule has 2 fully saturated rings. The molecule has 0 saturated carbocycles. The number of fused-ring (bicyclic) bond motifs is 1. The third-order valence-corrected chi connectivity index (χ3v) is 4.76. The molecule has 1 aromatic carbocycles. The van der Waals surface area contributed by atoms with Crippen molar-refractivity contribution < 1.29 is 24.8 Å². The van der Waals surface area contributed by atoms with E-state index >= 15 is 0 Å². The molecule has 0 aliphatic carbocycles. The number of hydrogen-bond acceptors (Lipinski definition) is 5. The smallest absolute Gasteiger partial charge is 0.164 e. The van der Waals surface area contributed by atoms with Gasteiger partial charge in [0.05, 0.1) is 6.61 Å². The maximum atomic E-state index is 9.40. The standard InChI is InChI=1S/C14H18O4S.C7H4.H2O/c1-14(2)17-11-10(8-15)16-13(12(11)18-14)19-9-6-4-3-5-7-9;1-3-5-7-6-4-2;/h3-7,10-13,15H,8H2,1-2H3;1H,2H3;1H2/t10-,11?,12?,13-;;/m1../s1. The summed E-state index contributed by atoms with van der Waals surface area (Å²) >= 11 is 1.61. The third-order valence-electron chi connectivity index (χ3n) is 3.60. The molecule has 0 bridgehead atoms. The quantitative estimate of drug-likeness (QED) is 0.800. The molecule has 2 saturated heterocycles. The van der Waals surface area contributed by atoms with E-state index in [1.165, 1.54) is 0 Å². The molecular formula is C21H24O5S. The van der Waals surface area contributed by atoms with E-state index in [1.54, 1.807) is 18.7 Å². The van der Waals surface area contributed by atoms with Crippen LogP contribution in [0.15, 0.2) is 35.2 Å². The summed E-state index contributed by atoms with van der Waals surface area (Å²) in [6, 6.07) is 10.0. The topological polar surface area (TPSA) is 79.4 Å². The van der Waals surface area contributed by atoms with E-state index in [9.17, 15) is 5.11 Å². The van der Waals surface area contributed by atoms with Crippen LogP contribution >= 0.6 is 11.8 Å². The van der Waals surface area contributed by atoms with Gasteiger partial charge in [0.15, 0.2) is 5.79 Å². The van der Waals surface area contributed by atoms with Crippen molar-refractivity contribution in [2.75, 3.05) is 6.61 Å². The highest BCUT2D eigenvalue weighted by Crippen LogP contribution is 2.43. The summed E-state index contributed by atoms with van der Waals surface area (Å²) in [6.07, 6.45) is 4.13. The lowest BCUT2D eigenvalue weighted by Crippen LogP contribution is -2.31. The molecule has 0 amide bonds. The van der Waals surface area contributed by atoms with Crippen molar-refractivity contribution in [1.82, 2.24) is 0 Å².